The molecule has 0 atom stereocenters. The van der Waals surface area contributed by atoms with Gasteiger partial charge in [0.05, 0.1) is 5.56 Å². The molecule has 2 nitrogen and oxygen atoms in total. The van der Waals surface area contributed by atoms with E-state index in [9.17, 15) is 0 Å². The fourth-order valence-electron chi connectivity index (χ4n) is 4.52. The van der Waals surface area contributed by atoms with Crippen molar-refractivity contribution in [3.8, 4) is 26.7 Å². The molecule has 3 heteroatoms. The molecule has 0 saturated heterocycles. The van der Waals surface area contributed by atoms with Crippen LogP contribution in [-0.2, 0) is 0 Å². The van der Waals surface area contributed by atoms with Crippen molar-refractivity contribution < 1.29 is 8.98 Å². The number of benzene rings is 4. The van der Waals surface area contributed by atoms with E-state index in [1.807, 2.05) is 23.5 Å². The number of furan rings is 1. The van der Waals surface area contributed by atoms with Gasteiger partial charge in [0.2, 0.25) is 11.3 Å². The molecule has 0 aliphatic carbocycles. The monoisotopic (exact) mass is 432 g/mol. The maximum absolute atomic E-state index is 6.46. The van der Waals surface area contributed by atoms with E-state index in [4.69, 9.17) is 4.42 Å². The van der Waals surface area contributed by atoms with Crippen molar-refractivity contribution in [3.05, 3.63) is 108 Å². The predicted octanol–water partition coefficient (Wildman–Crippen LogP) is 7.88. The molecule has 6 rings (SSSR count). The lowest BCUT2D eigenvalue weighted by molar-refractivity contribution is -0.584. The quantitative estimate of drug-likeness (QED) is 0.260. The van der Waals surface area contributed by atoms with Gasteiger partial charge in [-0.1, -0.05) is 84.1 Å². The third-order valence-corrected chi connectivity index (χ3v) is 7.42. The van der Waals surface area contributed by atoms with Crippen LogP contribution in [0.15, 0.2) is 101 Å². The van der Waals surface area contributed by atoms with Gasteiger partial charge in [0.25, 0.3) is 10.7 Å². The Balaban J connectivity index is 1.73. The van der Waals surface area contributed by atoms with Gasteiger partial charge in [-0.3, -0.25) is 0 Å². The van der Waals surface area contributed by atoms with E-state index in [1.165, 1.54) is 32.3 Å². The fourth-order valence-corrected chi connectivity index (χ4v) is 5.78. The molecule has 0 N–H and O–H groups in total. The van der Waals surface area contributed by atoms with Crippen molar-refractivity contribution in [2.75, 3.05) is 0 Å². The van der Waals surface area contributed by atoms with Gasteiger partial charge in [-0.25, -0.2) is 0 Å². The molecular formula is C29H22NOS+. The predicted molar refractivity (Wildman–Crippen MR) is 133 cm³/mol. The summed E-state index contributed by atoms with van der Waals surface area (Å²) in [5.41, 5.74) is 7.83. The van der Waals surface area contributed by atoms with Gasteiger partial charge in [0.1, 0.15) is 10.5 Å². The van der Waals surface area contributed by atoms with Crippen LogP contribution in [0.4, 0.5) is 0 Å². The maximum Gasteiger partial charge on any atom is 0.275 e. The third kappa shape index (κ3) is 2.89. The molecule has 0 saturated carbocycles. The Morgan fingerprint density at radius 3 is 2.06 bits per heavy atom. The summed E-state index contributed by atoms with van der Waals surface area (Å²) in [4.78, 5) is 1.27. The Kier molecular flexibility index (Phi) is 4.44. The van der Waals surface area contributed by atoms with Crippen LogP contribution in [0.2, 0.25) is 0 Å². The Morgan fingerprint density at radius 1 is 0.656 bits per heavy atom. The van der Waals surface area contributed by atoms with Gasteiger partial charge < -0.3 is 4.42 Å². The zero-order valence-electron chi connectivity index (χ0n) is 18.0. The van der Waals surface area contributed by atoms with Crippen molar-refractivity contribution in [1.29, 1.82) is 0 Å². The van der Waals surface area contributed by atoms with Crippen LogP contribution in [0.1, 0.15) is 11.3 Å². The van der Waals surface area contributed by atoms with Crippen molar-refractivity contribution in [3.63, 3.8) is 0 Å². The van der Waals surface area contributed by atoms with Crippen LogP contribution >= 0.6 is 11.3 Å². The first-order valence-corrected chi connectivity index (χ1v) is 11.6. The zero-order chi connectivity index (χ0) is 21.7. The number of aryl methyl sites for hydroxylation is 1. The highest BCUT2D eigenvalue weighted by molar-refractivity contribution is 7.18. The topological polar surface area (TPSA) is 17.0 Å². The van der Waals surface area contributed by atoms with Gasteiger partial charge in [-0.2, -0.15) is 0 Å². The van der Waals surface area contributed by atoms with Crippen LogP contribution in [-0.4, -0.2) is 0 Å². The number of hydrogen-bond acceptors (Lipinski definition) is 2. The number of aromatic nitrogens is 1. The lowest BCUT2D eigenvalue weighted by Crippen LogP contribution is -2.35. The number of para-hydroxylation sites is 1. The summed E-state index contributed by atoms with van der Waals surface area (Å²) < 4.78 is 8.85. The minimum atomic E-state index is 0.923. The van der Waals surface area contributed by atoms with Crippen LogP contribution in [0.3, 0.4) is 0 Å². The first-order chi connectivity index (χ1) is 15.7. The second kappa shape index (κ2) is 7.47. The van der Waals surface area contributed by atoms with Gasteiger partial charge >= 0.3 is 0 Å². The van der Waals surface area contributed by atoms with Gasteiger partial charge in [0.15, 0.2) is 0 Å². The van der Waals surface area contributed by atoms with E-state index in [2.05, 4.69) is 103 Å². The Bertz CT molecular complexity index is 1580. The molecule has 32 heavy (non-hydrogen) atoms. The second-order valence-electron chi connectivity index (χ2n) is 8.10. The Morgan fingerprint density at radius 2 is 1.31 bits per heavy atom. The molecule has 0 bridgehead atoms. The molecule has 154 valence electrons. The normalized spacial score (nSPS) is 11.4. The smallest absolute Gasteiger partial charge is 0.275 e. The molecule has 4 aromatic carbocycles. The molecule has 0 aliphatic heterocycles. The summed E-state index contributed by atoms with van der Waals surface area (Å²) in [7, 11) is 0. The van der Waals surface area contributed by atoms with Crippen LogP contribution in [0, 0.1) is 13.8 Å². The summed E-state index contributed by atoms with van der Waals surface area (Å²) in [6.07, 6.45) is 0. The maximum atomic E-state index is 6.46. The first-order valence-electron chi connectivity index (χ1n) is 10.8. The van der Waals surface area contributed by atoms with Crippen LogP contribution in [0.5, 0.6) is 0 Å². The molecule has 0 radical (unpaired) electrons. The summed E-state index contributed by atoms with van der Waals surface area (Å²) in [5, 5.41) is 3.51. The molecule has 6 aromatic rings. The minimum absolute atomic E-state index is 0.923. The van der Waals surface area contributed by atoms with Crippen molar-refractivity contribution in [2.24, 2.45) is 0 Å². The van der Waals surface area contributed by atoms with Gasteiger partial charge in [-0.05, 0) is 36.8 Å². The average Bonchev–Trinajstić information content (AvgIpc) is 3.38. The van der Waals surface area contributed by atoms with Crippen molar-refractivity contribution >= 4 is 33.3 Å². The molecule has 2 aromatic heterocycles. The van der Waals surface area contributed by atoms with Gasteiger partial charge in [0, 0.05) is 23.3 Å². The number of rotatable bonds is 3. The molecular weight excluding hydrogens is 410 g/mol. The van der Waals surface area contributed by atoms with Crippen LogP contribution < -0.4 is 4.57 Å². The van der Waals surface area contributed by atoms with E-state index in [1.54, 1.807) is 0 Å². The molecule has 0 unspecified atom stereocenters. The standard InChI is InChI=1S/C29H22NOS/c1-19-17-18-24-23-15-9-10-16-25(23)31-27(24)26(19)30-20(2)28(21-11-5-3-6-12-21)32-29(30)22-13-7-4-8-14-22/h3-18H,1-2H3/q+1. The highest BCUT2D eigenvalue weighted by Gasteiger charge is 2.31. The first kappa shape index (κ1) is 19.0. The minimum Gasteiger partial charge on any atom is -0.449 e. The number of nitrogens with zero attached hydrogens (tertiary/aromatic N) is 1. The Hall–Kier alpha value is -3.69. The molecule has 0 aliphatic rings. The molecule has 0 spiro atoms. The highest BCUT2D eigenvalue weighted by Crippen LogP contribution is 2.38. The Labute approximate surface area is 191 Å². The second-order valence-corrected chi connectivity index (χ2v) is 9.09. The number of hydrogen-bond donors (Lipinski definition) is 0. The van der Waals surface area contributed by atoms with Crippen molar-refractivity contribution in [1.82, 2.24) is 0 Å². The number of fused-ring (bicyclic) bond motifs is 3. The molecule has 0 fully saturated rings. The van der Waals surface area contributed by atoms with E-state index >= 15 is 0 Å². The highest BCUT2D eigenvalue weighted by atomic mass is 32.1. The number of thiazole rings is 1. The summed E-state index contributed by atoms with van der Waals surface area (Å²) >= 11 is 1.83. The van der Waals surface area contributed by atoms with Crippen LogP contribution in [0.25, 0.3) is 48.6 Å². The zero-order valence-corrected chi connectivity index (χ0v) is 18.8. The molecule has 2 heterocycles. The SMILES string of the molecule is Cc1ccc2c(oc3ccccc32)c1-[n+]1c(-c2ccccc2)sc(-c2ccccc2)c1C. The summed E-state index contributed by atoms with van der Waals surface area (Å²) in [5.74, 6) is 0. The lowest BCUT2D eigenvalue weighted by atomic mass is 10.1. The fraction of sp³-hybridized carbons (Fsp3) is 0.0690. The van der Waals surface area contributed by atoms with E-state index < -0.39 is 0 Å². The summed E-state index contributed by atoms with van der Waals surface area (Å²) in [6.45, 7) is 4.38. The van der Waals surface area contributed by atoms with E-state index in [0.29, 0.717) is 0 Å². The largest absolute Gasteiger partial charge is 0.449 e. The van der Waals surface area contributed by atoms with E-state index in [-0.39, 0.29) is 0 Å². The van der Waals surface area contributed by atoms with E-state index in [0.717, 1.165) is 27.6 Å². The average molecular weight is 433 g/mol. The van der Waals surface area contributed by atoms with Gasteiger partial charge in [-0.15, -0.1) is 4.57 Å². The summed E-state index contributed by atoms with van der Waals surface area (Å²) in [6, 6.07) is 34.0. The third-order valence-electron chi connectivity index (χ3n) is 6.07. The van der Waals surface area contributed by atoms with Crippen molar-refractivity contribution in [2.45, 2.75) is 13.8 Å². The molecule has 0 amide bonds. The lowest BCUT2D eigenvalue weighted by Gasteiger charge is -2.04.